The quantitative estimate of drug-likeness (QED) is 0.794. The van der Waals surface area contributed by atoms with E-state index in [1.807, 2.05) is 13.0 Å². The molecule has 5 nitrogen and oxygen atoms in total. The smallest absolute Gasteiger partial charge is 0.339 e. The summed E-state index contributed by atoms with van der Waals surface area (Å²) in [7, 11) is 0. The summed E-state index contributed by atoms with van der Waals surface area (Å²) in [5, 5.41) is 12.5. The van der Waals surface area contributed by atoms with Crippen molar-refractivity contribution in [2.45, 2.75) is 13.8 Å². The third-order valence-corrected chi connectivity index (χ3v) is 2.98. The van der Waals surface area contributed by atoms with Crippen LogP contribution in [0.3, 0.4) is 0 Å². The van der Waals surface area contributed by atoms with E-state index in [-0.39, 0.29) is 0 Å². The van der Waals surface area contributed by atoms with E-state index in [1.165, 1.54) is 0 Å². The molecule has 0 amide bonds. The highest BCUT2D eigenvalue weighted by Gasteiger charge is 2.21. The fourth-order valence-corrected chi connectivity index (χ4v) is 2.23. The number of anilines is 1. The van der Waals surface area contributed by atoms with Gasteiger partial charge < -0.3 is 15.3 Å². The molecule has 0 bridgehead atoms. The summed E-state index contributed by atoms with van der Waals surface area (Å²) in [5.74, 6) is -0.900. The molecule has 0 atom stereocenters. The summed E-state index contributed by atoms with van der Waals surface area (Å²) in [6, 6.07) is 1.86. The first kappa shape index (κ1) is 11.9. The van der Waals surface area contributed by atoms with Gasteiger partial charge in [0.25, 0.3) is 0 Å². The Kier molecular flexibility index (Phi) is 3.28. The number of carboxylic acid groups (broad SMARTS) is 1. The Labute approximate surface area is 100 Å². The second-order valence-corrected chi connectivity index (χ2v) is 4.29. The lowest BCUT2D eigenvalue weighted by atomic mass is 10.1. The van der Waals surface area contributed by atoms with E-state index in [4.69, 9.17) is 0 Å². The van der Waals surface area contributed by atoms with Gasteiger partial charge in [0.15, 0.2) is 0 Å². The number of rotatable bonds is 2. The molecule has 2 rings (SSSR count). The van der Waals surface area contributed by atoms with Gasteiger partial charge in [-0.25, -0.2) is 4.79 Å². The summed E-state index contributed by atoms with van der Waals surface area (Å²) in [6.45, 7) is 7.10. The van der Waals surface area contributed by atoms with Gasteiger partial charge >= 0.3 is 5.97 Å². The van der Waals surface area contributed by atoms with Gasteiger partial charge in [0, 0.05) is 31.9 Å². The lowest BCUT2D eigenvalue weighted by Gasteiger charge is -2.31. The Morgan fingerprint density at radius 1 is 1.41 bits per heavy atom. The number of aromatic nitrogens is 1. The number of aromatic carboxylic acids is 1. The highest BCUT2D eigenvalue weighted by molar-refractivity contribution is 5.95. The van der Waals surface area contributed by atoms with Crippen LogP contribution in [-0.4, -0.2) is 42.2 Å². The minimum Gasteiger partial charge on any atom is -0.478 e. The zero-order valence-corrected chi connectivity index (χ0v) is 10.2. The Bertz CT molecular complexity index is 440. The van der Waals surface area contributed by atoms with Crippen molar-refractivity contribution >= 4 is 11.7 Å². The monoisotopic (exact) mass is 235 g/mol. The van der Waals surface area contributed by atoms with Gasteiger partial charge in [-0.1, -0.05) is 0 Å². The zero-order valence-electron chi connectivity index (χ0n) is 10.2. The van der Waals surface area contributed by atoms with Crippen LogP contribution in [0.5, 0.6) is 0 Å². The third kappa shape index (κ3) is 2.39. The predicted molar refractivity (Wildman–Crippen MR) is 65.8 cm³/mol. The average Bonchev–Trinajstić information content (AvgIpc) is 2.28. The number of piperazine rings is 1. The number of hydrogen-bond acceptors (Lipinski definition) is 4. The van der Waals surface area contributed by atoms with Crippen LogP contribution < -0.4 is 10.2 Å². The molecule has 1 saturated heterocycles. The van der Waals surface area contributed by atoms with Crippen molar-refractivity contribution in [3.63, 3.8) is 0 Å². The summed E-state index contributed by atoms with van der Waals surface area (Å²) in [6.07, 6.45) is 0. The molecule has 1 fully saturated rings. The van der Waals surface area contributed by atoms with Gasteiger partial charge in [-0.2, -0.15) is 0 Å². The molecule has 1 aromatic heterocycles. The Morgan fingerprint density at radius 3 is 2.65 bits per heavy atom. The van der Waals surface area contributed by atoms with Crippen molar-refractivity contribution in [3.8, 4) is 0 Å². The van der Waals surface area contributed by atoms with Gasteiger partial charge in [-0.05, 0) is 19.9 Å². The van der Waals surface area contributed by atoms with E-state index in [0.717, 1.165) is 37.6 Å². The van der Waals surface area contributed by atoms with Gasteiger partial charge in [-0.15, -0.1) is 0 Å². The highest BCUT2D eigenvalue weighted by atomic mass is 16.4. The van der Waals surface area contributed by atoms with Crippen LogP contribution in [0.1, 0.15) is 21.7 Å². The highest BCUT2D eigenvalue weighted by Crippen LogP contribution is 2.24. The topological polar surface area (TPSA) is 65.5 Å². The van der Waals surface area contributed by atoms with Gasteiger partial charge in [-0.3, -0.25) is 4.98 Å². The largest absolute Gasteiger partial charge is 0.478 e. The first-order valence-corrected chi connectivity index (χ1v) is 5.77. The number of pyridine rings is 1. The molecule has 92 valence electrons. The zero-order chi connectivity index (χ0) is 12.4. The molecule has 1 aromatic rings. The second kappa shape index (κ2) is 4.71. The molecule has 0 spiro atoms. The maximum absolute atomic E-state index is 11.3. The van der Waals surface area contributed by atoms with Crippen molar-refractivity contribution in [1.29, 1.82) is 0 Å². The normalized spacial score (nSPS) is 16.0. The van der Waals surface area contributed by atoms with Crippen LogP contribution in [0.4, 0.5) is 5.69 Å². The van der Waals surface area contributed by atoms with E-state index < -0.39 is 5.97 Å². The standard InChI is InChI=1S/C12H17N3O2/c1-8-7-10(15-5-3-13-4-6-15)11(12(16)17)9(2)14-8/h7,13H,3-6H2,1-2H3,(H,16,17). The first-order valence-electron chi connectivity index (χ1n) is 5.77. The Morgan fingerprint density at radius 2 is 2.06 bits per heavy atom. The van der Waals surface area contributed by atoms with Crippen LogP contribution in [0, 0.1) is 13.8 Å². The molecule has 0 aliphatic carbocycles. The van der Waals surface area contributed by atoms with Crippen LogP contribution in [0.15, 0.2) is 6.07 Å². The van der Waals surface area contributed by atoms with Gasteiger partial charge in [0.2, 0.25) is 0 Å². The molecular weight excluding hydrogens is 218 g/mol. The lowest BCUT2D eigenvalue weighted by Crippen LogP contribution is -2.44. The number of nitrogens with one attached hydrogen (secondary N) is 1. The van der Waals surface area contributed by atoms with Crippen molar-refractivity contribution in [2.24, 2.45) is 0 Å². The molecule has 1 aliphatic rings. The molecule has 0 saturated carbocycles. The van der Waals surface area contributed by atoms with Crippen molar-refractivity contribution in [3.05, 3.63) is 23.0 Å². The van der Waals surface area contributed by atoms with Gasteiger partial charge in [0.1, 0.15) is 5.56 Å². The second-order valence-electron chi connectivity index (χ2n) is 4.29. The molecular formula is C12H17N3O2. The Hall–Kier alpha value is -1.62. The van der Waals surface area contributed by atoms with Crippen LogP contribution >= 0.6 is 0 Å². The van der Waals surface area contributed by atoms with E-state index >= 15 is 0 Å². The SMILES string of the molecule is Cc1cc(N2CCNCC2)c(C(=O)O)c(C)n1. The van der Waals surface area contributed by atoms with Crippen molar-refractivity contribution in [1.82, 2.24) is 10.3 Å². The maximum Gasteiger partial charge on any atom is 0.339 e. The van der Waals surface area contributed by atoms with Crippen LogP contribution in [0.25, 0.3) is 0 Å². The molecule has 0 unspecified atom stereocenters. The van der Waals surface area contributed by atoms with E-state index in [9.17, 15) is 9.90 Å². The average molecular weight is 235 g/mol. The molecule has 17 heavy (non-hydrogen) atoms. The molecule has 0 radical (unpaired) electrons. The number of hydrogen-bond donors (Lipinski definition) is 2. The molecule has 2 N–H and O–H groups in total. The number of aryl methyl sites for hydroxylation is 2. The van der Waals surface area contributed by atoms with Crippen molar-refractivity contribution in [2.75, 3.05) is 31.1 Å². The first-order chi connectivity index (χ1) is 8.09. The predicted octanol–water partition coefficient (Wildman–Crippen LogP) is 0.806. The van der Waals surface area contributed by atoms with E-state index in [0.29, 0.717) is 11.3 Å². The van der Waals surface area contributed by atoms with Crippen LogP contribution in [-0.2, 0) is 0 Å². The number of carboxylic acids is 1. The summed E-state index contributed by atoms with van der Waals surface area (Å²) in [4.78, 5) is 17.7. The molecule has 5 heteroatoms. The molecule has 2 heterocycles. The lowest BCUT2D eigenvalue weighted by molar-refractivity contribution is 0.0696. The fourth-order valence-electron chi connectivity index (χ4n) is 2.23. The summed E-state index contributed by atoms with van der Waals surface area (Å²) >= 11 is 0. The molecule has 1 aliphatic heterocycles. The number of nitrogens with zero attached hydrogens (tertiary/aromatic N) is 2. The minimum absolute atomic E-state index is 0.331. The van der Waals surface area contributed by atoms with Crippen LogP contribution in [0.2, 0.25) is 0 Å². The fraction of sp³-hybridized carbons (Fsp3) is 0.500. The minimum atomic E-state index is -0.900. The maximum atomic E-state index is 11.3. The molecule has 0 aromatic carbocycles. The van der Waals surface area contributed by atoms with Crippen molar-refractivity contribution < 1.29 is 9.90 Å². The third-order valence-electron chi connectivity index (χ3n) is 2.98. The Balaban J connectivity index is 2.46. The number of carbonyl (C=O) groups is 1. The van der Waals surface area contributed by atoms with E-state index in [1.54, 1.807) is 6.92 Å². The van der Waals surface area contributed by atoms with E-state index in [2.05, 4.69) is 15.2 Å². The van der Waals surface area contributed by atoms with Gasteiger partial charge in [0.05, 0.1) is 11.4 Å². The summed E-state index contributed by atoms with van der Waals surface area (Å²) in [5.41, 5.74) is 2.58. The summed E-state index contributed by atoms with van der Waals surface area (Å²) < 4.78 is 0.